The smallest absolute Gasteiger partial charge is 0.213 e. The predicted molar refractivity (Wildman–Crippen MR) is 56.6 cm³/mol. The number of hydrogen-bond donors (Lipinski definition) is 2. The van der Waals surface area contributed by atoms with Crippen molar-refractivity contribution in [1.29, 1.82) is 0 Å². The van der Waals surface area contributed by atoms with E-state index >= 15 is 0 Å². The molecule has 3 N–H and O–H groups in total. The average molecular weight is 194 g/mol. The minimum Gasteiger partial charge on any atom is -0.481 e. The lowest BCUT2D eigenvalue weighted by Crippen LogP contribution is -2.22. The van der Waals surface area contributed by atoms with Crippen molar-refractivity contribution < 1.29 is 4.74 Å². The van der Waals surface area contributed by atoms with E-state index in [9.17, 15) is 0 Å². The summed E-state index contributed by atoms with van der Waals surface area (Å²) in [6.45, 7) is 2.57. The van der Waals surface area contributed by atoms with E-state index in [2.05, 4.69) is 15.3 Å². The Morgan fingerprint density at radius 1 is 1.64 bits per heavy atom. The van der Waals surface area contributed by atoms with Crippen molar-refractivity contribution in [3.05, 3.63) is 18.3 Å². The predicted octanol–water partition coefficient (Wildman–Crippen LogP) is 0.837. The van der Waals surface area contributed by atoms with Gasteiger partial charge in [0.2, 0.25) is 5.88 Å². The second-order valence-electron chi connectivity index (χ2n) is 2.57. The summed E-state index contributed by atoms with van der Waals surface area (Å²) in [5.41, 5.74) is 6.36. The third-order valence-electron chi connectivity index (χ3n) is 1.55. The third kappa shape index (κ3) is 2.93. The highest BCUT2D eigenvalue weighted by atomic mass is 16.5. The lowest BCUT2D eigenvalue weighted by Gasteiger charge is -2.04. The van der Waals surface area contributed by atoms with E-state index in [1.807, 2.05) is 13.0 Å². The van der Waals surface area contributed by atoms with Gasteiger partial charge in [-0.15, -0.1) is 0 Å². The number of aromatic nitrogens is 1. The number of ether oxygens (including phenoxy) is 1. The minimum absolute atomic E-state index is 0.388. The molecule has 0 aliphatic heterocycles. The molecule has 5 heteroatoms. The van der Waals surface area contributed by atoms with Crippen molar-refractivity contribution in [3.8, 4) is 5.88 Å². The molecule has 0 unspecified atom stereocenters. The van der Waals surface area contributed by atoms with Crippen molar-refractivity contribution in [3.63, 3.8) is 0 Å². The van der Waals surface area contributed by atoms with Crippen LogP contribution in [0.25, 0.3) is 0 Å². The molecule has 0 aliphatic rings. The lowest BCUT2D eigenvalue weighted by molar-refractivity contribution is 0.398. The quantitative estimate of drug-likeness (QED) is 0.552. The number of nitrogens with zero attached hydrogens (tertiary/aromatic N) is 2. The van der Waals surface area contributed by atoms with Crippen LogP contribution < -0.4 is 15.8 Å². The molecule has 5 nitrogen and oxygen atoms in total. The maximum absolute atomic E-state index is 5.57. The summed E-state index contributed by atoms with van der Waals surface area (Å²) < 4.78 is 4.92. The number of aliphatic imine (C=N–C) groups is 1. The summed E-state index contributed by atoms with van der Waals surface area (Å²) >= 11 is 0. The molecule has 0 radical (unpaired) electrons. The molecule has 0 aromatic carbocycles. The number of guanidine groups is 1. The molecule has 0 spiro atoms. The number of pyridine rings is 1. The molecule has 0 fully saturated rings. The van der Waals surface area contributed by atoms with Crippen molar-refractivity contribution in [1.82, 2.24) is 4.98 Å². The Kier molecular flexibility index (Phi) is 3.72. The average Bonchev–Trinajstić information content (AvgIpc) is 2.19. The summed E-state index contributed by atoms with van der Waals surface area (Å²) in [5.74, 6) is 0.959. The van der Waals surface area contributed by atoms with Crippen molar-refractivity contribution in [2.45, 2.75) is 6.92 Å². The molecule has 0 aliphatic carbocycles. The van der Waals surface area contributed by atoms with Gasteiger partial charge in [-0.05, 0) is 13.0 Å². The van der Waals surface area contributed by atoms with Crippen molar-refractivity contribution in [2.75, 3.05) is 19.0 Å². The van der Waals surface area contributed by atoms with E-state index < -0.39 is 0 Å². The largest absolute Gasteiger partial charge is 0.481 e. The van der Waals surface area contributed by atoms with Crippen LogP contribution in [0.5, 0.6) is 5.88 Å². The van der Waals surface area contributed by atoms with Crippen LogP contribution in [0, 0.1) is 0 Å². The van der Waals surface area contributed by atoms with Gasteiger partial charge in [-0.3, -0.25) is 4.99 Å². The van der Waals surface area contributed by atoms with Gasteiger partial charge in [0.15, 0.2) is 5.96 Å². The summed E-state index contributed by atoms with van der Waals surface area (Å²) in [4.78, 5) is 8.00. The molecule has 14 heavy (non-hydrogen) atoms. The first-order valence-corrected chi connectivity index (χ1v) is 4.33. The number of methoxy groups -OCH3 is 1. The highest BCUT2D eigenvalue weighted by molar-refractivity contribution is 5.92. The normalized spacial score (nSPS) is 11.1. The van der Waals surface area contributed by atoms with Gasteiger partial charge in [0.1, 0.15) is 0 Å². The molecule has 0 bridgehead atoms. The number of rotatable bonds is 3. The second-order valence-corrected chi connectivity index (χ2v) is 2.57. The Morgan fingerprint density at radius 3 is 2.93 bits per heavy atom. The topological polar surface area (TPSA) is 72.5 Å². The zero-order chi connectivity index (χ0) is 10.4. The number of anilines is 1. The van der Waals surface area contributed by atoms with Crippen LogP contribution in [-0.2, 0) is 0 Å². The summed E-state index contributed by atoms with van der Waals surface area (Å²) in [6, 6.07) is 3.57. The first-order chi connectivity index (χ1) is 6.76. The molecule has 0 saturated carbocycles. The monoisotopic (exact) mass is 194 g/mol. The van der Waals surface area contributed by atoms with E-state index in [1.165, 1.54) is 0 Å². The van der Waals surface area contributed by atoms with E-state index in [1.54, 1.807) is 19.4 Å². The Morgan fingerprint density at radius 2 is 2.43 bits per heavy atom. The Hall–Kier alpha value is -1.78. The zero-order valence-corrected chi connectivity index (χ0v) is 8.32. The maximum atomic E-state index is 5.57. The lowest BCUT2D eigenvalue weighted by atomic mass is 10.4. The van der Waals surface area contributed by atoms with Crippen molar-refractivity contribution in [2.24, 2.45) is 10.7 Å². The fourth-order valence-corrected chi connectivity index (χ4v) is 0.933. The van der Waals surface area contributed by atoms with E-state index in [-0.39, 0.29) is 0 Å². The molecule has 1 aromatic rings. The van der Waals surface area contributed by atoms with E-state index in [4.69, 9.17) is 10.5 Å². The Bertz CT molecular complexity index is 307. The zero-order valence-electron chi connectivity index (χ0n) is 8.32. The Labute approximate surface area is 83.0 Å². The standard InChI is InChI=1S/C9H14N4O/c1-3-11-9(10)13-7-4-5-8(14-2)12-6-7/h4-6H,3H2,1-2H3,(H3,10,11,13). The Balaban J connectivity index is 2.64. The van der Waals surface area contributed by atoms with Gasteiger partial charge in [0.25, 0.3) is 0 Å². The van der Waals surface area contributed by atoms with Crippen LogP contribution in [0.15, 0.2) is 23.3 Å². The van der Waals surface area contributed by atoms with Gasteiger partial charge in [-0.2, -0.15) is 0 Å². The van der Waals surface area contributed by atoms with Crippen LogP contribution in [0.4, 0.5) is 5.69 Å². The summed E-state index contributed by atoms with van der Waals surface area (Å²) in [7, 11) is 1.57. The number of nitrogens with two attached hydrogens (primary N) is 1. The summed E-state index contributed by atoms with van der Waals surface area (Å²) in [6.07, 6.45) is 1.64. The van der Waals surface area contributed by atoms with Crippen LogP contribution in [0.2, 0.25) is 0 Å². The highest BCUT2D eigenvalue weighted by Crippen LogP contribution is 2.10. The molecule has 76 valence electrons. The van der Waals surface area contributed by atoms with Gasteiger partial charge in [-0.25, -0.2) is 4.98 Å². The SMILES string of the molecule is CCN=C(N)Nc1ccc(OC)nc1. The third-order valence-corrected chi connectivity index (χ3v) is 1.55. The molecule has 1 rings (SSSR count). The molecule has 0 atom stereocenters. The van der Waals surface area contributed by atoms with Crippen LogP contribution in [0.3, 0.4) is 0 Å². The van der Waals surface area contributed by atoms with E-state index in [0.717, 1.165) is 5.69 Å². The molecular formula is C9H14N4O. The fourth-order valence-electron chi connectivity index (χ4n) is 0.933. The van der Waals surface area contributed by atoms with Gasteiger partial charge >= 0.3 is 0 Å². The molecule has 1 heterocycles. The highest BCUT2D eigenvalue weighted by Gasteiger charge is 1.95. The molecule has 1 aromatic heterocycles. The fraction of sp³-hybridized carbons (Fsp3) is 0.333. The minimum atomic E-state index is 0.388. The number of nitrogens with one attached hydrogen (secondary N) is 1. The molecular weight excluding hydrogens is 180 g/mol. The number of hydrogen-bond acceptors (Lipinski definition) is 3. The first kappa shape index (κ1) is 10.3. The molecule has 0 saturated heterocycles. The van der Waals surface area contributed by atoms with Gasteiger partial charge in [0.05, 0.1) is 19.0 Å². The van der Waals surface area contributed by atoms with Gasteiger partial charge < -0.3 is 15.8 Å². The van der Waals surface area contributed by atoms with Gasteiger partial charge in [-0.1, -0.05) is 0 Å². The van der Waals surface area contributed by atoms with Crippen LogP contribution in [0.1, 0.15) is 6.92 Å². The van der Waals surface area contributed by atoms with Crippen LogP contribution in [-0.4, -0.2) is 24.6 Å². The van der Waals surface area contributed by atoms with E-state index in [0.29, 0.717) is 18.4 Å². The second kappa shape index (κ2) is 5.06. The van der Waals surface area contributed by atoms with Gasteiger partial charge in [0, 0.05) is 12.6 Å². The maximum Gasteiger partial charge on any atom is 0.213 e. The summed E-state index contributed by atoms with van der Waals surface area (Å²) in [5, 5.41) is 2.90. The molecule has 0 amide bonds. The first-order valence-electron chi connectivity index (χ1n) is 4.33. The van der Waals surface area contributed by atoms with Crippen LogP contribution >= 0.6 is 0 Å². The van der Waals surface area contributed by atoms with Crippen molar-refractivity contribution >= 4 is 11.6 Å².